The summed E-state index contributed by atoms with van der Waals surface area (Å²) in [5, 5.41) is 6.45. The molecule has 1 unspecified atom stereocenters. The Labute approximate surface area is 215 Å². The van der Waals surface area contributed by atoms with Gasteiger partial charge < -0.3 is 15.0 Å². The van der Waals surface area contributed by atoms with Crippen molar-refractivity contribution in [1.82, 2.24) is 0 Å². The number of fused-ring (bicyclic) bond motifs is 6. The molecular weight excluding hydrogens is 452 g/mol. The molecule has 37 heavy (non-hydrogen) atoms. The van der Waals surface area contributed by atoms with Crippen LogP contribution in [0.15, 0.2) is 115 Å². The van der Waals surface area contributed by atoms with Gasteiger partial charge >= 0.3 is 0 Å². The third kappa shape index (κ3) is 3.07. The maximum absolute atomic E-state index is 6.38. The summed E-state index contributed by atoms with van der Waals surface area (Å²) in [6.07, 6.45) is 3.35. The average molecular weight is 477 g/mol. The highest BCUT2D eigenvalue weighted by Gasteiger charge is 2.31. The fourth-order valence-electron chi connectivity index (χ4n) is 6.08. The molecule has 1 N–H and O–H groups in total. The van der Waals surface area contributed by atoms with Crippen LogP contribution in [0.25, 0.3) is 22.8 Å². The second-order valence-electron chi connectivity index (χ2n) is 9.79. The first-order valence-corrected chi connectivity index (χ1v) is 12.8. The van der Waals surface area contributed by atoms with Crippen LogP contribution < -0.4 is 25.4 Å². The van der Waals surface area contributed by atoms with Crippen LogP contribution in [0.5, 0.6) is 11.5 Å². The fraction of sp³-hybridized carbons (Fsp3) is 0.0588. The number of nitrogens with one attached hydrogen (secondary N) is 1. The number of benzene rings is 5. The Morgan fingerprint density at radius 1 is 0.703 bits per heavy atom. The molecule has 0 fully saturated rings. The largest absolute Gasteiger partial charge is 0.453 e. The number of hydrogen-bond donors (Lipinski definition) is 1. The normalized spacial score (nSPS) is 16.3. The van der Waals surface area contributed by atoms with Crippen molar-refractivity contribution in [2.45, 2.75) is 12.5 Å². The van der Waals surface area contributed by atoms with Crippen LogP contribution in [0, 0.1) is 0 Å². The molecule has 0 saturated heterocycles. The van der Waals surface area contributed by atoms with E-state index in [4.69, 9.17) is 4.74 Å². The molecule has 2 aliphatic heterocycles. The lowest BCUT2D eigenvalue weighted by atomic mass is 9.88. The van der Waals surface area contributed by atoms with E-state index in [1.54, 1.807) is 0 Å². The Kier molecular flexibility index (Phi) is 4.35. The summed E-state index contributed by atoms with van der Waals surface area (Å²) in [7, 11) is 0. The molecule has 3 nitrogen and oxygen atoms in total. The van der Waals surface area contributed by atoms with E-state index in [1.807, 2.05) is 12.1 Å². The lowest BCUT2D eigenvalue weighted by molar-refractivity contribution is 0.477. The van der Waals surface area contributed by atoms with Crippen molar-refractivity contribution in [3.8, 4) is 22.6 Å². The quantitative estimate of drug-likeness (QED) is 0.288. The Hall–Kier alpha value is -4.76. The zero-order chi connectivity index (χ0) is 24.3. The van der Waals surface area contributed by atoms with E-state index in [9.17, 15) is 0 Å². The molecule has 0 bridgehead atoms. The summed E-state index contributed by atoms with van der Waals surface area (Å²) in [6.45, 7) is 0. The summed E-state index contributed by atoms with van der Waals surface area (Å²) in [6, 6.07) is 41.1. The maximum Gasteiger partial charge on any atom is 0.151 e. The van der Waals surface area contributed by atoms with Gasteiger partial charge in [0.1, 0.15) is 0 Å². The van der Waals surface area contributed by atoms with E-state index in [-0.39, 0.29) is 0 Å². The topological polar surface area (TPSA) is 24.5 Å². The predicted molar refractivity (Wildman–Crippen MR) is 151 cm³/mol. The molecule has 3 aliphatic rings. The van der Waals surface area contributed by atoms with Crippen LogP contribution in [0.2, 0.25) is 0 Å². The second-order valence-corrected chi connectivity index (χ2v) is 9.79. The molecule has 1 aliphatic carbocycles. The van der Waals surface area contributed by atoms with Gasteiger partial charge in [0.15, 0.2) is 11.5 Å². The monoisotopic (exact) mass is 476 g/mol. The molecule has 176 valence electrons. The molecule has 2 heterocycles. The Bertz CT molecular complexity index is 1820. The molecule has 0 radical (unpaired) electrons. The molecule has 1 atom stereocenters. The van der Waals surface area contributed by atoms with Crippen molar-refractivity contribution in [2.24, 2.45) is 0 Å². The average Bonchev–Trinajstić information content (AvgIpc) is 3.35. The summed E-state index contributed by atoms with van der Waals surface area (Å²) >= 11 is 0. The Morgan fingerprint density at radius 3 is 2.46 bits per heavy atom. The van der Waals surface area contributed by atoms with E-state index < -0.39 is 0 Å². The lowest BCUT2D eigenvalue weighted by Gasteiger charge is -2.33. The van der Waals surface area contributed by atoms with Crippen molar-refractivity contribution in [3.63, 3.8) is 0 Å². The number of ether oxygens (including phenoxy) is 1. The Morgan fingerprint density at radius 2 is 1.51 bits per heavy atom. The first-order chi connectivity index (χ1) is 18.3. The number of nitrogens with zero attached hydrogens (tertiary/aromatic N) is 1. The van der Waals surface area contributed by atoms with E-state index in [0.29, 0.717) is 6.04 Å². The van der Waals surface area contributed by atoms with Crippen molar-refractivity contribution in [2.75, 3.05) is 10.2 Å². The molecule has 0 spiro atoms. The van der Waals surface area contributed by atoms with Gasteiger partial charge in [0.05, 0.1) is 17.4 Å². The van der Waals surface area contributed by atoms with Crippen molar-refractivity contribution >= 4 is 34.4 Å². The van der Waals surface area contributed by atoms with Crippen molar-refractivity contribution in [1.29, 1.82) is 0 Å². The zero-order valence-electron chi connectivity index (χ0n) is 20.2. The van der Waals surface area contributed by atoms with Gasteiger partial charge in [-0.05, 0) is 76.0 Å². The van der Waals surface area contributed by atoms with Crippen LogP contribution in [0.3, 0.4) is 0 Å². The minimum absolute atomic E-state index is 0.305. The predicted octanol–water partition coefficient (Wildman–Crippen LogP) is 7.11. The van der Waals surface area contributed by atoms with Crippen LogP contribution >= 0.6 is 0 Å². The number of anilines is 4. The third-order valence-electron chi connectivity index (χ3n) is 7.69. The minimum atomic E-state index is 0.305. The molecule has 8 rings (SSSR count). The molecule has 5 aromatic rings. The molecule has 5 aromatic carbocycles. The summed E-state index contributed by atoms with van der Waals surface area (Å²) in [5.74, 6) is 1.73. The number of rotatable bonds is 2. The molecular formula is C34H24N2O. The van der Waals surface area contributed by atoms with E-state index in [2.05, 4.69) is 119 Å². The smallest absolute Gasteiger partial charge is 0.151 e. The standard InChI is InChI=1S/C34H24N2O/c1-2-10-24(11-3-1)36-29-15-6-7-16-31(29)37-32-20-18-23(21-30(32)36)26-13-8-14-27-34(26)33-25-12-5-4-9-22(25)17-19-28(33)35-27/h1-18,20-21,28,35H,19H2. The summed E-state index contributed by atoms with van der Waals surface area (Å²) < 4.78 is 6.38. The molecule has 0 aromatic heterocycles. The molecule has 0 saturated carbocycles. The van der Waals surface area contributed by atoms with Crippen molar-refractivity contribution in [3.05, 3.63) is 131 Å². The third-order valence-corrected chi connectivity index (χ3v) is 7.69. The summed E-state index contributed by atoms with van der Waals surface area (Å²) in [4.78, 5) is 2.31. The van der Waals surface area contributed by atoms with Gasteiger partial charge in [-0.1, -0.05) is 78.9 Å². The van der Waals surface area contributed by atoms with Crippen LogP contribution in [0.1, 0.15) is 12.0 Å². The first-order valence-electron chi connectivity index (χ1n) is 12.8. The van der Waals surface area contributed by atoms with Gasteiger partial charge in [0.25, 0.3) is 0 Å². The number of para-hydroxylation sites is 3. The molecule has 0 amide bonds. The first kappa shape index (κ1) is 20.4. The van der Waals surface area contributed by atoms with E-state index >= 15 is 0 Å². The Balaban J connectivity index is 1.35. The number of hydrogen-bond acceptors (Lipinski definition) is 3. The highest BCUT2D eigenvalue weighted by Crippen LogP contribution is 2.52. The van der Waals surface area contributed by atoms with Crippen LogP contribution in [-0.2, 0) is 0 Å². The van der Waals surface area contributed by atoms with E-state index in [0.717, 1.165) is 35.0 Å². The second kappa shape index (κ2) is 7.87. The SMILES string of the molecule is C1=c2ccccc2=C2c3c(cccc3-c3ccc4c(c3)N(c3ccccc3)c3ccccc3O4)NC2C1. The van der Waals surface area contributed by atoms with E-state index in [1.165, 1.54) is 38.4 Å². The molecule has 3 heteroatoms. The van der Waals surface area contributed by atoms with Gasteiger partial charge in [-0.25, -0.2) is 0 Å². The van der Waals surface area contributed by atoms with Gasteiger partial charge in [-0.2, -0.15) is 0 Å². The minimum Gasteiger partial charge on any atom is -0.453 e. The zero-order valence-corrected chi connectivity index (χ0v) is 20.2. The van der Waals surface area contributed by atoms with Gasteiger partial charge in [0, 0.05) is 16.9 Å². The van der Waals surface area contributed by atoms with Crippen molar-refractivity contribution < 1.29 is 4.74 Å². The van der Waals surface area contributed by atoms with Crippen LogP contribution in [-0.4, -0.2) is 6.04 Å². The van der Waals surface area contributed by atoms with Gasteiger partial charge in [-0.15, -0.1) is 0 Å². The maximum atomic E-state index is 6.38. The van der Waals surface area contributed by atoms with Gasteiger partial charge in [-0.3, -0.25) is 0 Å². The fourth-order valence-corrected chi connectivity index (χ4v) is 6.08. The highest BCUT2D eigenvalue weighted by atomic mass is 16.5. The van der Waals surface area contributed by atoms with Gasteiger partial charge in [0.2, 0.25) is 0 Å². The van der Waals surface area contributed by atoms with Crippen LogP contribution in [0.4, 0.5) is 22.7 Å². The lowest BCUT2D eigenvalue weighted by Crippen LogP contribution is -2.35. The summed E-state index contributed by atoms with van der Waals surface area (Å²) in [5.41, 5.74) is 9.56. The highest BCUT2D eigenvalue weighted by molar-refractivity contribution is 5.97.